The molecule has 10 heteroatoms. The number of aromatic nitrogens is 2. The number of carbonyl (C=O) groups excluding carboxylic acids is 2. The number of amides is 1. The molecule has 174 valence electrons. The van der Waals surface area contributed by atoms with Crippen LogP contribution in [-0.4, -0.2) is 54.0 Å². The maximum Gasteiger partial charge on any atom is 0.272 e. The largest absolute Gasteiger partial charge is 0.398 e. The van der Waals surface area contributed by atoms with Crippen LogP contribution < -0.4 is 27.0 Å². The Balaban J connectivity index is 1.68. The molecule has 1 aliphatic rings. The lowest BCUT2D eigenvalue weighted by Crippen LogP contribution is -2.44. The molecule has 1 fully saturated rings. The standard InChI is InChI=1S/C23H29N7O2S/c1-26-21-20(22(32)27-11-19(31)16-8-10-33-14-16)30(12-15-5-2-3-7-18(15)25)23(28-21)29-9-4-6-17(24)13-29/h2-3,5,7-8,10,14,17,26H,4,6,9,11-13,24-25H2,1H3,(H,27,32). The van der Waals surface area contributed by atoms with Gasteiger partial charge in [0, 0.05) is 42.8 Å². The van der Waals surface area contributed by atoms with Crippen LogP contribution in [0.25, 0.3) is 0 Å². The number of piperidine rings is 1. The van der Waals surface area contributed by atoms with Crippen molar-refractivity contribution < 1.29 is 9.59 Å². The molecule has 1 amide bonds. The molecule has 3 aromatic rings. The molecule has 0 aliphatic carbocycles. The molecule has 4 rings (SSSR count). The highest BCUT2D eigenvalue weighted by Gasteiger charge is 2.28. The lowest BCUT2D eigenvalue weighted by atomic mass is 10.1. The minimum absolute atomic E-state index is 0.0456. The highest BCUT2D eigenvalue weighted by molar-refractivity contribution is 7.08. The molecule has 6 N–H and O–H groups in total. The molecule has 2 aromatic heterocycles. The van der Waals surface area contributed by atoms with Crippen LogP contribution in [0.3, 0.4) is 0 Å². The van der Waals surface area contributed by atoms with E-state index in [2.05, 4.69) is 15.5 Å². The van der Waals surface area contributed by atoms with Crippen molar-refractivity contribution in [2.75, 3.05) is 42.6 Å². The maximum atomic E-state index is 13.3. The summed E-state index contributed by atoms with van der Waals surface area (Å²) >= 11 is 1.44. The number of nitrogens with two attached hydrogens (primary N) is 2. The summed E-state index contributed by atoms with van der Waals surface area (Å²) in [5.74, 6) is 0.583. The molecule has 33 heavy (non-hydrogen) atoms. The lowest BCUT2D eigenvalue weighted by molar-refractivity contribution is 0.0899. The predicted octanol–water partition coefficient (Wildman–Crippen LogP) is 2.16. The second-order valence-corrected chi connectivity index (χ2v) is 8.89. The van der Waals surface area contributed by atoms with Gasteiger partial charge in [-0.1, -0.05) is 18.2 Å². The van der Waals surface area contributed by atoms with Crippen molar-refractivity contribution in [1.82, 2.24) is 14.9 Å². The van der Waals surface area contributed by atoms with Gasteiger partial charge in [0.25, 0.3) is 5.91 Å². The molecular weight excluding hydrogens is 438 g/mol. The van der Waals surface area contributed by atoms with E-state index in [1.54, 1.807) is 18.5 Å². The number of Topliss-reactive ketones (excluding diaryl/α,β-unsaturated/α-hetero) is 1. The number of hydrogen-bond acceptors (Lipinski definition) is 8. The van der Waals surface area contributed by atoms with Crippen LogP contribution in [0.2, 0.25) is 0 Å². The Bertz CT molecular complexity index is 1130. The quantitative estimate of drug-likeness (QED) is 0.295. The van der Waals surface area contributed by atoms with Crippen LogP contribution in [0.4, 0.5) is 17.5 Å². The Morgan fingerprint density at radius 3 is 2.79 bits per heavy atom. The number of carbonyl (C=O) groups is 2. The fourth-order valence-electron chi connectivity index (χ4n) is 4.05. The molecule has 1 atom stereocenters. The second kappa shape index (κ2) is 10.1. The second-order valence-electron chi connectivity index (χ2n) is 8.11. The Morgan fingerprint density at radius 2 is 2.09 bits per heavy atom. The smallest absolute Gasteiger partial charge is 0.272 e. The zero-order valence-electron chi connectivity index (χ0n) is 18.6. The number of nitrogens with one attached hydrogen (secondary N) is 2. The van der Waals surface area contributed by atoms with Crippen molar-refractivity contribution in [2.45, 2.75) is 25.4 Å². The third-order valence-corrected chi connectivity index (χ3v) is 6.46. The Labute approximate surface area is 196 Å². The van der Waals surface area contributed by atoms with Gasteiger partial charge < -0.3 is 27.0 Å². The van der Waals surface area contributed by atoms with Gasteiger partial charge in [-0.25, -0.2) is 0 Å². The van der Waals surface area contributed by atoms with Crippen LogP contribution >= 0.6 is 11.3 Å². The van der Waals surface area contributed by atoms with E-state index in [0.717, 1.165) is 24.9 Å². The summed E-state index contributed by atoms with van der Waals surface area (Å²) in [6, 6.07) is 9.35. The number of anilines is 3. The average Bonchev–Trinajstić information content (AvgIpc) is 3.47. The SMILES string of the molecule is CNc1nc(N2CCCC(N)C2)n(Cc2ccccc2N)c1C(=O)NCC(=O)c1ccsc1. The van der Waals surface area contributed by atoms with Gasteiger partial charge in [-0.15, -0.1) is 0 Å². The van der Waals surface area contributed by atoms with Gasteiger partial charge in [-0.3, -0.25) is 14.2 Å². The van der Waals surface area contributed by atoms with Crippen molar-refractivity contribution in [3.8, 4) is 0 Å². The Kier molecular flexibility index (Phi) is 6.95. The van der Waals surface area contributed by atoms with Crippen LogP contribution in [0.15, 0.2) is 41.1 Å². The van der Waals surface area contributed by atoms with Gasteiger partial charge in [0.15, 0.2) is 17.3 Å². The number of para-hydroxylation sites is 1. The molecule has 1 unspecified atom stereocenters. The highest BCUT2D eigenvalue weighted by Crippen LogP contribution is 2.28. The first kappa shape index (κ1) is 22.8. The zero-order chi connectivity index (χ0) is 23.4. The van der Waals surface area contributed by atoms with Crippen LogP contribution in [0.1, 0.15) is 39.3 Å². The molecule has 0 spiro atoms. The summed E-state index contributed by atoms with van der Waals surface area (Å²) in [5.41, 5.74) is 14.9. The van der Waals surface area contributed by atoms with E-state index in [-0.39, 0.29) is 24.3 Å². The maximum absolute atomic E-state index is 13.3. The summed E-state index contributed by atoms with van der Waals surface area (Å²) in [7, 11) is 1.72. The molecule has 0 radical (unpaired) electrons. The first-order valence-electron chi connectivity index (χ1n) is 10.9. The summed E-state index contributed by atoms with van der Waals surface area (Å²) < 4.78 is 1.86. The summed E-state index contributed by atoms with van der Waals surface area (Å²) in [4.78, 5) is 32.6. The molecule has 3 heterocycles. The molecular formula is C23H29N7O2S. The lowest BCUT2D eigenvalue weighted by Gasteiger charge is -2.32. The number of nitrogens with zero attached hydrogens (tertiary/aromatic N) is 3. The first-order valence-corrected chi connectivity index (χ1v) is 11.9. The van der Waals surface area contributed by atoms with Gasteiger partial charge in [0.2, 0.25) is 5.95 Å². The first-order chi connectivity index (χ1) is 16.0. The number of thiophene rings is 1. The normalized spacial score (nSPS) is 15.9. The van der Waals surface area contributed by atoms with E-state index in [1.807, 2.05) is 34.2 Å². The van der Waals surface area contributed by atoms with E-state index in [9.17, 15) is 9.59 Å². The minimum atomic E-state index is -0.377. The third-order valence-electron chi connectivity index (χ3n) is 5.78. The number of nitrogen functional groups attached to an aromatic ring is 1. The molecule has 1 aromatic carbocycles. The van der Waals surface area contributed by atoms with E-state index in [4.69, 9.17) is 16.5 Å². The number of benzene rings is 1. The van der Waals surface area contributed by atoms with E-state index in [0.29, 0.717) is 41.8 Å². The Morgan fingerprint density at radius 1 is 1.27 bits per heavy atom. The van der Waals surface area contributed by atoms with Crippen molar-refractivity contribution >= 4 is 40.5 Å². The molecule has 1 aliphatic heterocycles. The van der Waals surface area contributed by atoms with Crippen molar-refractivity contribution in [1.29, 1.82) is 0 Å². The van der Waals surface area contributed by atoms with Gasteiger partial charge in [-0.2, -0.15) is 16.3 Å². The monoisotopic (exact) mass is 467 g/mol. The predicted molar refractivity (Wildman–Crippen MR) is 132 cm³/mol. The number of ketones is 1. The fraction of sp³-hybridized carbons (Fsp3) is 0.348. The van der Waals surface area contributed by atoms with E-state index < -0.39 is 0 Å². The Hall–Kier alpha value is -3.37. The number of hydrogen-bond donors (Lipinski definition) is 4. The number of rotatable bonds is 8. The van der Waals surface area contributed by atoms with Crippen LogP contribution in [-0.2, 0) is 6.54 Å². The van der Waals surface area contributed by atoms with Crippen LogP contribution in [0, 0.1) is 0 Å². The van der Waals surface area contributed by atoms with Gasteiger partial charge >= 0.3 is 0 Å². The highest BCUT2D eigenvalue weighted by atomic mass is 32.1. The fourth-order valence-corrected chi connectivity index (χ4v) is 4.71. The topological polar surface area (TPSA) is 131 Å². The third kappa shape index (κ3) is 5.01. The molecule has 9 nitrogen and oxygen atoms in total. The van der Waals surface area contributed by atoms with Gasteiger partial charge in [0.05, 0.1) is 13.1 Å². The zero-order valence-corrected chi connectivity index (χ0v) is 19.4. The van der Waals surface area contributed by atoms with E-state index in [1.165, 1.54) is 11.3 Å². The van der Waals surface area contributed by atoms with Gasteiger partial charge in [0.1, 0.15) is 0 Å². The molecule has 1 saturated heterocycles. The van der Waals surface area contributed by atoms with Crippen LogP contribution in [0.5, 0.6) is 0 Å². The molecule has 0 saturated carbocycles. The summed E-state index contributed by atoms with van der Waals surface area (Å²) in [5, 5.41) is 9.41. The van der Waals surface area contributed by atoms with E-state index >= 15 is 0 Å². The van der Waals surface area contributed by atoms with Gasteiger partial charge in [-0.05, 0) is 35.9 Å². The summed E-state index contributed by atoms with van der Waals surface area (Å²) in [6.07, 6.45) is 1.91. The molecule has 0 bridgehead atoms. The van der Waals surface area contributed by atoms with Crippen molar-refractivity contribution in [3.05, 3.63) is 57.9 Å². The number of imidazole rings is 1. The minimum Gasteiger partial charge on any atom is -0.398 e. The van der Waals surface area contributed by atoms with Crippen molar-refractivity contribution in [2.24, 2.45) is 5.73 Å². The van der Waals surface area contributed by atoms with Crippen molar-refractivity contribution in [3.63, 3.8) is 0 Å². The average molecular weight is 468 g/mol. The summed E-state index contributed by atoms with van der Waals surface area (Å²) in [6.45, 7) is 1.73.